The quantitative estimate of drug-likeness (QED) is 0.511. The van der Waals surface area contributed by atoms with E-state index in [-0.39, 0.29) is 41.3 Å². The molecule has 3 rings (SSSR count). The summed E-state index contributed by atoms with van der Waals surface area (Å²) >= 11 is 4.45. The first-order chi connectivity index (χ1) is 14.3. The fourth-order valence-corrected chi connectivity index (χ4v) is 3.72. The van der Waals surface area contributed by atoms with Gasteiger partial charge in [-0.1, -0.05) is 12.1 Å². The molecule has 0 saturated heterocycles. The number of hydrogen-bond acceptors (Lipinski definition) is 5. The lowest BCUT2D eigenvalue weighted by Crippen LogP contribution is -2.36. The highest BCUT2D eigenvalue weighted by molar-refractivity contribution is 9.10. The van der Waals surface area contributed by atoms with Gasteiger partial charge in [-0.2, -0.15) is 0 Å². The van der Waals surface area contributed by atoms with E-state index in [0.717, 1.165) is 34.0 Å². The molecule has 0 radical (unpaired) electrons. The highest BCUT2D eigenvalue weighted by Gasteiger charge is 2.15. The van der Waals surface area contributed by atoms with Gasteiger partial charge in [0.05, 0.1) is 24.5 Å². The van der Waals surface area contributed by atoms with Gasteiger partial charge in [-0.3, -0.25) is 14.5 Å². The summed E-state index contributed by atoms with van der Waals surface area (Å²) in [6.45, 7) is -0.0427. The number of benzene rings is 2. The van der Waals surface area contributed by atoms with Crippen LogP contribution < -0.4 is 10.6 Å². The van der Waals surface area contributed by atoms with Crippen molar-refractivity contribution in [3.63, 3.8) is 0 Å². The third-order valence-electron chi connectivity index (χ3n) is 3.93. The van der Waals surface area contributed by atoms with Crippen LogP contribution in [0.4, 0.5) is 19.6 Å². The molecule has 1 heterocycles. The van der Waals surface area contributed by atoms with Gasteiger partial charge in [0.15, 0.2) is 5.13 Å². The van der Waals surface area contributed by atoms with Crippen molar-refractivity contribution in [2.75, 3.05) is 30.8 Å². The normalized spacial score (nSPS) is 10.8. The monoisotopic (exact) mass is 494 g/mol. The number of thiazole rings is 1. The molecule has 6 nitrogen and oxygen atoms in total. The molecule has 2 amide bonds. The summed E-state index contributed by atoms with van der Waals surface area (Å²) in [6, 6.07) is 10.3. The lowest BCUT2D eigenvalue weighted by atomic mass is 10.1. The first-order valence-corrected chi connectivity index (χ1v) is 10.4. The minimum Gasteiger partial charge on any atom is -0.324 e. The number of nitrogens with zero attached hydrogens (tertiary/aromatic N) is 2. The third-order valence-corrected chi connectivity index (χ3v) is 5.38. The minimum absolute atomic E-state index is 0.00633. The highest BCUT2D eigenvalue weighted by Crippen LogP contribution is 2.27. The molecule has 10 heteroatoms. The molecule has 0 fully saturated rings. The lowest BCUT2D eigenvalue weighted by Gasteiger charge is -2.15. The standard InChI is InChI=1S/C20H17BrF2N4O2S/c1-27(9-18(28)24-16-5-3-2-4-14(16)21)10-19(29)26-20-25-17(11-30-20)13-8-12(22)6-7-15(13)23/h2-8,11H,9-10H2,1H3,(H,24,28)(H,25,26,29). The third kappa shape index (κ3) is 5.91. The summed E-state index contributed by atoms with van der Waals surface area (Å²) in [6.07, 6.45) is 0. The Kier molecular flexibility index (Phi) is 7.24. The molecular weight excluding hydrogens is 478 g/mol. The van der Waals surface area contributed by atoms with Crippen LogP contribution in [0.1, 0.15) is 0 Å². The molecule has 0 aliphatic heterocycles. The average Bonchev–Trinajstić information content (AvgIpc) is 3.13. The van der Waals surface area contributed by atoms with Gasteiger partial charge in [-0.25, -0.2) is 13.8 Å². The van der Waals surface area contributed by atoms with Crippen LogP contribution in [0, 0.1) is 11.6 Å². The van der Waals surface area contributed by atoms with E-state index < -0.39 is 11.6 Å². The van der Waals surface area contributed by atoms with Crippen LogP contribution in [0.15, 0.2) is 52.3 Å². The summed E-state index contributed by atoms with van der Waals surface area (Å²) < 4.78 is 28.0. The van der Waals surface area contributed by atoms with Crippen LogP contribution in [0.25, 0.3) is 11.3 Å². The second-order valence-electron chi connectivity index (χ2n) is 6.41. The first-order valence-electron chi connectivity index (χ1n) is 8.75. The molecule has 156 valence electrons. The van der Waals surface area contributed by atoms with Crippen LogP contribution in [0.5, 0.6) is 0 Å². The molecule has 30 heavy (non-hydrogen) atoms. The lowest BCUT2D eigenvalue weighted by molar-refractivity contribution is -0.119. The number of aromatic nitrogens is 1. The predicted octanol–water partition coefficient (Wildman–Crippen LogP) is 4.36. The van der Waals surface area contributed by atoms with Gasteiger partial charge in [0.2, 0.25) is 11.8 Å². The SMILES string of the molecule is CN(CC(=O)Nc1nc(-c2cc(F)ccc2F)cs1)CC(=O)Nc1ccccc1Br. The number of para-hydroxylation sites is 1. The molecule has 1 aromatic heterocycles. The molecule has 0 aliphatic rings. The number of halogens is 3. The van der Waals surface area contributed by atoms with E-state index in [1.807, 2.05) is 12.1 Å². The summed E-state index contributed by atoms with van der Waals surface area (Å²) in [5.41, 5.74) is 0.890. The molecule has 0 unspecified atom stereocenters. The van der Waals surface area contributed by atoms with Crippen molar-refractivity contribution in [3.05, 3.63) is 64.0 Å². The number of carbonyl (C=O) groups is 2. The molecule has 2 N–H and O–H groups in total. The van der Waals surface area contributed by atoms with E-state index in [4.69, 9.17) is 0 Å². The van der Waals surface area contributed by atoms with E-state index in [9.17, 15) is 18.4 Å². The van der Waals surface area contributed by atoms with Gasteiger partial charge in [-0.05, 0) is 53.3 Å². The Morgan fingerprint density at radius 1 is 1.10 bits per heavy atom. The van der Waals surface area contributed by atoms with Crippen molar-refractivity contribution in [1.82, 2.24) is 9.88 Å². The van der Waals surface area contributed by atoms with Crippen LogP contribution in [0.3, 0.4) is 0 Å². The van der Waals surface area contributed by atoms with Gasteiger partial charge in [0, 0.05) is 15.4 Å². The number of carbonyl (C=O) groups excluding carboxylic acids is 2. The molecule has 2 aromatic carbocycles. The molecule has 0 bridgehead atoms. The summed E-state index contributed by atoms with van der Waals surface area (Å²) in [5.74, 6) is -1.83. The number of anilines is 2. The molecule has 0 atom stereocenters. The largest absolute Gasteiger partial charge is 0.324 e. The van der Waals surface area contributed by atoms with Crippen LogP contribution in [-0.2, 0) is 9.59 Å². The van der Waals surface area contributed by atoms with Crippen molar-refractivity contribution in [2.24, 2.45) is 0 Å². The maximum Gasteiger partial charge on any atom is 0.240 e. The van der Waals surface area contributed by atoms with Crippen molar-refractivity contribution in [3.8, 4) is 11.3 Å². The molecule has 0 spiro atoms. The van der Waals surface area contributed by atoms with Crippen molar-refractivity contribution < 1.29 is 18.4 Å². The van der Waals surface area contributed by atoms with Gasteiger partial charge in [-0.15, -0.1) is 11.3 Å². The summed E-state index contributed by atoms with van der Waals surface area (Å²) in [4.78, 5) is 30.1. The van der Waals surface area contributed by atoms with Gasteiger partial charge in [0.25, 0.3) is 0 Å². The summed E-state index contributed by atoms with van der Waals surface area (Å²) in [5, 5.41) is 7.14. The van der Waals surface area contributed by atoms with Gasteiger partial charge < -0.3 is 10.6 Å². The van der Waals surface area contributed by atoms with E-state index in [0.29, 0.717) is 5.69 Å². The Hall–Kier alpha value is -2.69. The van der Waals surface area contributed by atoms with Crippen molar-refractivity contribution >= 4 is 49.9 Å². The zero-order valence-electron chi connectivity index (χ0n) is 15.8. The maximum atomic E-state index is 13.9. The van der Waals surface area contributed by atoms with Crippen LogP contribution in [-0.4, -0.2) is 41.8 Å². The van der Waals surface area contributed by atoms with Gasteiger partial charge >= 0.3 is 0 Å². The number of rotatable bonds is 7. The fourth-order valence-electron chi connectivity index (χ4n) is 2.61. The molecular formula is C20H17BrF2N4O2S. The topological polar surface area (TPSA) is 74.3 Å². The Morgan fingerprint density at radius 3 is 2.53 bits per heavy atom. The van der Waals surface area contributed by atoms with Gasteiger partial charge in [0.1, 0.15) is 11.6 Å². The van der Waals surface area contributed by atoms with Crippen LogP contribution in [0.2, 0.25) is 0 Å². The molecule has 0 saturated carbocycles. The highest BCUT2D eigenvalue weighted by atomic mass is 79.9. The molecule has 3 aromatic rings. The van der Waals surface area contributed by atoms with Crippen LogP contribution >= 0.6 is 27.3 Å². The van der Waals surface area contributed by atoms with E-state index in [1.165, 1.54) is 5.38 Å². The maximum absolute atomic E-state index is 13.9. The predicted molar refractivity (Wildman–Crippen MR) is 116 cm³/mol. The smallest absolute Gasteiger partial charge is 0.240 e. The Balaban J connectivity index is 1.53. The Labute approximate surface area is 184 Å². The van der Waals surface area contributed by atoms with E-state index in [2.05, 4.69) is 31.5 Å². The zero-order valence-corrected chi connectivity index (χ0v) is 18.2. The molecule has 0 aliphatic carbocycles. The number of likely N-dealkylation sites (N-methyl/N-ethyl adjacent to an activating group) is 1. The van der Waals surface area contributed by atoms with Crippen molar-refractivity contribution in [1.29, 1.82) is 0 Å². The average molecular weight is 495 g/mol. The number of hydrogen-bond donors (Lipinski definition) is 2. The second kappa shape index (κ2) is 9.88. The zero-order chi connectivity index (χ0) is 21.7. The summed E-state index contributed by atoms with van der Waals surface area (Å²) in [7, 11) is 1.63. The first kappa shape index (κ1) is 22.0. The van der Waals surface area contributed by atoms with Crippen molar-refractivity contribution in [2.45, 2.75) is 0 Å². The minimum atomic E-state index is -0.602. The number of nitrogens with one attached hydrogen (secondary N) is 2. The van der Waals surface area contributed by atoms with E-state index in [1.54, 1.807) is 24.1 Å². The fraction of sp³-hybridized carbons (Fsp3) is 0.150. The second-order valence-corrected chi connectivity index (χ2v) is 8.12. The number of amides is 2. The van der Waals surface area contributed by atoms with E-state index >= 15 is 0 Å². The Morgan fingerprint density at radius 2 is 1.80 bits per heavy atom. The Bertz CT molecular complexity index is 1080.